The van der Waals surface area contributed by atoms with Gasteiger partial charge in [0.25, 0.3) is 0 Å². The topological polar surface area (TPSA) is 12.0 Å². The summed E-state index contributed by atoms with van der Waals surface area (Å²) in [6.45, 7) is 1.74. The molecule has 0 aliphatic carbocycles. The zero-order chi connectivity index (χ0) is 14.0. The molecule has 0 radical (unpaired) electrons. The number of rotatable bonds is 3. The van der Waals surface area contributed by atoms with Crippen LogP contribution in [-0.2, 0) is 0 Å². The maximum atomic E-state index is 13.7. The zero-order valence-corrected chi connectivity index (χ0v) is 12.2. The van der Waals surface area contributed by atoms with Crippen LogP contribution in [0.3, 0.4) is 0 Å². The number of aryl methyl sites for hydroxylation is 1. The molecule has 4 heteroatoms. The van der Waals surface area contributed by atoms with Crippen molar-refractivity contribution in [2.24, 2.45) is 0 Å². The maximum Gasteiger partial charge on any atom is 0.126 e. The van der Waals surface area contributed by atoms with E-state index in [1.807, 2.05) is 19.2 Å². The predicted molar refractivity (Wildman–Crippen MR) is 78.5 cm³/mol. The molecule has 1 unspecified atom stereocenters. The molecule has 1 N–H and O–H groups in total. The van der Waals surface area contributed by atoms with Crippen LogP contribution in [0.4, 0.5) is 4.39 Å². The van der Waals surface area contributed by atoms with Gasteiger partial charge in [-0.3, -0.25) is 0 Å². The average Bonchev–Trinajstić information content (AvgIpc) is 2.39. The van der Waals surface area contributed by atoms with E-state index in [4.69, 9.17) is 23.2 Å². The molecule has 0 amide bonds. The van der Waals surface area contributed by atoms with E-state index in [-0.39, 0.29) is 11.9 Å². The molecule has 100 valence electrons. The molecule has 0 saturated heterocycles. The lowest BCUT2D eigenvalue weighted by molar-refractivity contribution is 0.608. The Labute approximate surface area is 122 Å². The second-order valence-electron chi connectivity index (χ2n) is 4.40. The van der Waals surface area contributed by atoms with Gasteiger partial charge in [-0.25, -0.2) is 4.39 Å². The molecular weight excluding hydrogens is 284 g/mol. The van der Waals surface area contributed by atoms with E-state index < -0.39 is 0 Å². The summed E-state index contributed by atoms with van der Waals surface area (Å²) in [6.07, 6.45) is 0. The number of hydrogen-bond acceptors (Lipinski definition) is 1. The summed E-state index contributed by atoms with van der Waals surface area (Å²) in [5.41, 5.74) is 2.43. The highest BCUT2D eigenvalue weighted by atomic mass is 35.5. The van der Waals surface area contributed by atoms with Gasteiger partial charge in [0.05, 0.1) is 16.1 Å². The van der Waals surface area contributed by atoms with Gasteiger partial charge in [-0.1, -0.05) is 41.4 Å². The van der Waals surface area contributed by atoms with Gasteiger partial charge in [-0.2, -0.15) is 0 Å². The summed E-state index contributed by atoms with van der Waals surface area (Å²) in [5.74, 6) is -0.210. The number of halogens is 3. The summed E-state index contributed by atoms with van der Waals surface area (Å²) >= 11 is 11.9. The molecule has 0 aliphatic rings. The van der Waals surface area contributed by atoms with E-state index in [2.05, 4.69) is 5.32 Å². The molecule has 0 fully saturated rings. The van der Waals surface area contributed by atoms with Crippen molar-refractivity contribution >= 4 is 23.2 Å². The lowest BCUT2D eigenvalue weighted by Gasteiger charge is -2.18. The summed E-state index contributed by atoms with van der Waals surface area (Å²) in [7, 11) is 1.82. The van der Waals surface area contributed by atoms with E-state index in [0.29, 0.717) is 15.6 Å². The SMILES string of the molecule is CNC(c1ccc(C)c(F)c1)c1ccc(Cl)c(Cl)c1. The van der Waals surface area contributed by atoms with E-state index in [1.165, 1.54) is 0 Å². The lowest BCUT2D eigenvalue weighted by atomic mass is 9.98. The third kappa shape index (κ3) is 3.08. The van der Waals surface area contributed by atoms with Gasteiger partial charge in [-0.15, -0.1) is 0 Å². The molecule has 0 saturated carbocycles. The van der Waals surface area contributed by atoms with Crippen molar-refractivity contribution in [1.82, 2.24) is 5.32 Å². The third-order valence-electron chi connectivity index (χ3n) is 3.09. The monoisotopic (exact) mass is 297 g/mol. The predicted octanol–water partition coefficient (Wildman–Crippen LogP) is 4.75. The molecular formula is C15H14Cl2FN. The molecule has 1 atom stereocenters. The van der Waals surface area contributed by atoms with Gasteiger partial charge in [0.15, 0.2) is 0 Å². The van der Waals surface area contributed by atoms with E-state index in [0.717, 1.165) is 11.1 Å². The smallest absolute Gasteiger partial charge is 0.126 e. The highest BCUT2D eigenvalue weighted by molar-refractivity contribution is 6.42. The molecule has 0 aromatic heterocycles. The summed E-state index contributed by atoms with van der Waals surface area (Å²) in [5, 5.41) is 4.16. The Balaban J connectivity index is 2.43. The van der Waals surface area contributed by atoms with Crippen LogP contribution in [0.1, 0.15) is 22.7 Å². The second-order valence-corrected chi connectivity index (χ2v) is 5.22. The standard InChI is InChI=1S/C15H14Cl2FN/c1-9-3-4-11(8-14(9)18)15(19-2)10-5-6-12(16)13(17)7-10/h3-8,15,19H,1-2H3. The van der Waals surface area contributed by atoms with Crippen LogP contribution < -0.4 is 5.32 Å². The summed E-state index contributed by atoms with van der Waals surface area (Å²) in [6, 6.07) is 10.5. The zero-order valence-electron chi connectivity index (χ0n) is 10.7. The molecule has 1 nitrogen and oxygen atoms in total. The van der Waals surface area contributed by atoms with E-state index >= 15 is 0 Å². The van der Waals surface area contributed by atoms with Gasteiger partial charge in [0, 0.05) is 0 Å². The number of benzene rings is 2. The quantitative estimate of drug-likeness (QED) is 0.862. The Morgan fingerprint density at radius 3 is 2.21 bits per heavy atom. The Hall–Kier alpha value is -1.09. The Bertz CT molecular complexity index is 547. The minimum atomic E-state index is -0.210. The first-order chi connectivity index (χ1) is 9.02. The van der Waals surface area contributed by atoms with Gasteiger partial charge < -0.3 is 5.32 Å². The van der Waals surface area contributed by atoms with Crippen LogP contribution in [0.2, 0.25) is 10.0 Å². The van der Waals surface area contributed by atoms with Crippen LogP contribution in [0.5, 0.6) is 0 Å². The van der Waals surface area contributed by atoms with Crippen molar-refractivity contribution in [3.63, 3.8) is 0 Å². The van der Waals surface area contributed by atoms with Crippen molar-refractivity contribution < 1.29 is 4.39 Å². The van der Waals surface area contributed by atoms with E-state index in [9.17, 15) is 4.39 Å². The minimum absolute atomic E-state index is 0.120. The van der Waals surface area contributed by atoms with Crippen LogP contribution in [-0.4, -0.2) is 7.05 Å². The molecule has 2 aromatic carbocycles. The fourth-order valence-electron chi connectivity index (χ4n) is 2.01. The Kier molecular flexibility index (Phi) is 4.46. The first-order valence-electron chi connectivity index (χ1n) is 5.91. The van der Waals surface area contributed by atoms with Crippen LogP contribution in [0.25, 0.3) is 0 Å². The number of hydrogen-bond donors (Lipinski definition) is 1. The maximum absolute atomic E-state index is 13.7. The highest BCUT2D eigenvalue weighted by Crippen LogP contribution is 2.29. The first-order valence-corrected chi connectivity index (χ1v) is 6.66. The molecule has 19 heavy (non-hydrogen) atoms. The molecule has 2 rings (SSSR count). The van der Waals surface area contributed by atoms with Crippen molar-refractivity contribution in [2.75, 3.05) is 7.05 Å². The molecule has 0 spiro atoms. The largest absolute Gasteiger partial charge is 0.309 e. The first kappa shape index (κ1) is 14.3. The molecule has 0 heterocycles. The van der Waals surface area contributed by atoms with Gasteiger partial charge in [0.1, 0.15) is 5.82 Å². The summed E-state index contributed by atoms with van der Waals surface area (Å²) in [4.78, 5) is 0. The van der Waals surface area contributed by atoms with Gasteiger partial charge in [-0.05, 0) is 48.9 Å². The van der Waals surface area contributed by atoms with Gasteiger partial charge >= 0.3 is 0 Å². The highest BCUT2D eigenvalue weighted by Gasteiger charge is 2.14. The van der Waals surface area contributed by atoms with Crippen LogP contribution >= 0.6 is 23.2 Å². The van der Waals surface area contributed by atoms with Crippen molar-refractivity contribution in [1.29, 1.82) is 0 Å². The van der Waals surface area contributed by atoms with Crippen LogP contribution in [0, 0.1) is 12.7 Å². The fourth-order valence-corrected chi connectivity index (χ4v) is 2.31. The van der Waals surface area contributed by atoms with Crippen LogP contribution in [0.15, 0.2) is 36.4 Å². The normalized spacial score (nSPS) is 12.5. The molecule has 0 bridgehead atoms. The van der Waals surface area contributed by atoms with Gasteiger partial charge in [0.2, 0.25) is 0 Å². The third-order valence-corrected chi connectivity index (χ3v) is 3.83. The molecule has 0 aliphatic heterocycles. The van der Waals surface area contributed by atoms with Crippen molar-refractivity contribution in [3.05, 3.63) is 69.0 Å². The lowest BCUT2D eigenvalue weighted by Crippen LogP contribution is -2.17. The average molecular weight is 298 g/mol. The van der Waals surface area contributed by atoms with E-state index in [1.54, 1.807) is 31.2 Å². The number of nitrogens with one attached hydrogen (secondary N) is 1. The second kappa shape index (κ2) is 5.91. The van der Waals surface area contributed by atoms with Crippen molar-refractivity contribution in [2.45, 2.75) is 13.0 Å². The minimum Gasteiger partial charge on any atom is -0.309 e. The fraction of sp³-hybridized carbons (Fsp3) is 0.200. The molecule has 2 aromatic rings. The summed E-state index contributed by atoms with van der Waals surface area (Å²) < 4.78 is 13.7. The Morgan fingerprint density at radius 2 is 1.63 bits per heavy atom. The Morgan fingerprint density at radius 1 is 1.00 bits per heavy atom. The van der Waals surface area contributed by atoms with Crippen molar-refractivity contribution in [3.8, 4) is 0 Å².